The quantitative estimate of drug-likeness (QED) is 0.737. The largest absolute Gasteiger partial charge is 0.497 e. The number of benzene rings is 2. The number of nitrogens with one attached hydrogen (secondary N) is 1. The molecule has 0 saturated carbocycles. The minimum atomic E-state index is -0.0821. The van der Waals surface area contributed by atoms with E-state index in [0.29, 0.717) is 30.0 Å². The van der Waals surface area contributed by atoms with Crippen molar-refractivity contribution >= 4 is 12.0 Å². The molecule has 0 aromatic heterocycles. The lowest BCUT2D eigenvalue weighted by atomic mass is 10.1. The maximum Gasteiger partial charge on any atom is 0.246 e. The molecule has 0 fully saturated rings. The van der Waals surface area contributed by atoms with Gasteiger partial charge in [-0.25, -0.2) is 0 Å². The van der Waals surface area contributed by atoms with Gasteiger partial charge in [-0.1, -0.05) is 18.2 Å². The molecule has 2 aromatic carbocycles. The minimum Gasteiger partial charge on any atom is -0.497 e. The van der Waals surface area contributed by atoms with Crippen LogP contribution in [-0.2, 0) is 11.2 Å². The van der Waals surface area contributed by atoms with Crippen LogP contribution in [0.2, 0.25) is 0 Å². The second-order valence-electron chi connectivity index (χ2n) is 5.80. The fourth-order valence-electron chi connectivity index (χ4n) is 2.51. The third kappa shape index (κ3) is 5.28. The van der Waals surface area contributed by atoms with Gasteiger partial charge >= 0.3 is 0 Å². The maximum atomic E-state index is 12.2. The van der Waals surface area contributed by atoms with Crippen LogP contribution >= 0.6 is 0 Å². The van der Waals surface area contributed by atoms with Crippen molar-refractivity contribution in [3.8, 4) is 17.2 Å². The van der Waals surface area contributed by atoms with Crippen LogP contribution in [0.3, 0.4) is 0 Å². The van der Waals surface area contributed by atoms with Crippen LogP contribution in [0.1, 0.15) is 18.1 Å². The van der Waals surface area contributed by atoms with Crippen molar-refractivity contribution in [1.29, 1.82) is 0 Å². The number of carbonyl (C=O) groups is 1. The van der Waals surface area contributed by atoms with Gasteiger partial charge in [-0.05, 0) is 54.8 Å². The van der Waals surface area contributed by atoms with E-state index in [-0.39, 0.29) is 5.91 Å². The van der Waals surface area contributed by atoms with Crippen molar-refractivity contribution in [2.75, 3.05) is 27.9 Å². The molecule has 26 heavy (non-hydrogen) atoms. The Morgan fingerprint density at radius 2 is 1.65 bits per heavy atom. The molecule has 0 aliphatic carbocycles. The van der Waals surface area contributed by atoms with Crippen LogP contribution < -0.4 is 19.5 Å². The first-order valence-electron chi connectivity index (χ1n) is 8.39. The molecule has 138 valence electrons. The van der Waals surface area contributed by atoms with Crippen molar-refractivity contribution in [3.63, 3.8) is 0 Å². The molecule has 0 spiro atoms. The highest BCUT2D eigenvalue weighted by molar-refractivity contribution is 5.97. The number of hydrogen-bond acceptors (Lipinski definition) is 4. The molecule has 0 atom stereocenters. The smallest absolute Gasteiger partial charge is 0.246 e. The van der Waals surface area contributed by atoms with Crippen LogP contribution in [0.5, 0.6) is 17.2 Å². The van der Waals surface area contributed by atoms with E-state index in [4.69, 9.17) is 14.2 Å². The minimum absolute atomic E-state index is 0.0821. The Kier molecular flexibility index (Phi) is 7.09. The Bertz CT molecular complexity index is 766. The predicted molar refractivity (Wildman–Crippen MR) is 103 cm³/mol. The summed E-state index contributed by atoms with van der Waals surface area (Å²) in [5.74, 6) is 2.09. The van der Waals surface area contributed by atoms with Crippen LogP contribution in [0.4, 0.5) is 0 Å². The summed E-state index contributed by atoms with van der Waals surface area (Å²) in [7, 11) is 4.84. The Labute approximate surface area is 154 Å². The molecule has 0 unspecified atom stereocenters. The fraction of sp³-hybridized carbons (Fsp3) is 0.286. The fourth-order valence-corrected chi connectivity index (χ4v) is 2.51. The molecule has 5 nitrogen and oxygen atoms in total. The van der Waals surface area contributed by atoms with Gasteiger partial charge in [-0.15, -0.1) is 0 Å². The topological polar surface area (TPSA) is 56.8 Å². The summed E-state index contributed by atoms with van der Waals surface area (Å²) in [6, 6.07) is 13.3. The highest BCUT2D eigenvalue weighted by Gasteiger charge is 2.07. The summed E-state index contributed by atoms with van der Waals surface area (Å²) in [6.07, 6.45) is 2.56. The van der Waals surface area contributed by atoms with Gasteiger partial charge < -0.3 is 19.5 Å². The molecular weight excluding hydrogens is 330 g/mol. The standard InChI is InChI=1S/C21H25NO4/c1-15(13-16-5-8-18(24-2)9-6-16)21(23)22-12-11-17-7-10-19(25-3)20(14-17)26-4/h5-10,13-14H,11-12H2,1-4H3,(H,22,23)/b15-13+. The Hall–Kier alpha value is -2.95. The number of ether oxygens (including phenoxy) is 3. The van der Waals surface area contributed by atoms with E-state index in [2.05, 4.69) is 5.32 Å². The highest BCUT2D eigenvalue weighted by atomic mass is 16.5. The number of hydrogen-bond donors (Lipinski definition) is 1. The van der Waals surface area contributed by atoms with E-state index in [1.54, 1.807) is 28.3 Å². The normalized spacial score (nSPS) is 11.0. The first-order chi connectivity index (χ1) is 12.6. The molecule has 0 aliphatic heterocycles. The van der Waals surface area contributed by atoms with Crippen LogP contribution in [0.15, 0.2) is 48.0 Å². The Morgan fingerprint density at radius 1 is 0.962 bits per heavy atom. The highest BCUT2D eigenvalue weighted by Crippen LogP contribution is 2.27. The third-order valence-corrected chi connectivity index (χ3v) is 4.00. The average Bonchev–Trinajstić information content (AvgIpc) is 2.68. The van der Waals surface area contributed by atoms with Gasteiger partial charge in [0.2, 0.25) is 5.91 Å². The zero-order valence-corrected chi connectivity index (χ0v) is 15.7. The van der Waals surface area contributed by atoms with Crippen molar-refractivity contribution in [2.45, 2.75) is 13.3 Å². The van der Waals surface area contributed by atoms with Gasteiger partial charge in [0.25, 0.3) is 0 Å². The van der Waals surface area contributed by atoms with E-state index >= 15 is 0 Å². The Morgan fingerprint density at radius 3 is 2.27 bits per heavy atom. The van der Waals surface area contributed by atoms with E-state index < -0.39 is 0 Å². The number of rotatable bonds is 8. The van der Waals surface area contributed by atoms with Gasteiger partial charge in [0.15, 0.2) is 11.5 Å². The van der Waals surface area contributed by atoms with Crippen molar-refractivity contribution in [2.24, 2.45) is 0 Å². The Balaban J connectivity index is 1.90. The van der Waals surface area contributed by atoms with E-state index in [9.17, 15) is 4.79 Å². The van der Waals surface area contributed by atoms with Crippen molar-refractivity contribution in [3.05, 3.63) is 59.2 Å². The lowest BCUT2D eigenvalue weighted by Gasteiger charge is -2.10. The summed E-state index contributed by atoms with van der Waals surface area (Å²) in [5.41, 5.74) is 2.68. The van der Waals surface area contributed by atoms with Gasteiger partial charge in [0, 0.05) is 12.1 Å². The summed E-state index contributed by atoms with van der Waals surface area (Å²) < 4.78 is 15.7. The van der Waals surface area contributed by atoms with Crippen LogP contribution in [-0.4, -0.2) is 33.8 Å². The molecule has 0 radical (unpaired) electrons. The summed E-state index contributed by atoms with van der Waals surface area (Å²) in [6.45, 7) is 2.35. The van der Waals surface area contributed by atoms with E-state index in [0.717, 1.165) is 16.9 Å². The van der Waals surface area contributed by atoms with Gasteiger partial charge in [-0.2, -0.15) is 0 Å². The van der Waals surface area contributed by atoms with Crippen molar-refractivity contribution < 1.29 is 19.0 Å². The maximum absolute atomic E-state index is 12.2. The molecule has 1 N–H and O–H groups in total. The number of amides is 1. The van der Waals surface area contributed by atoms with E-state index in [1.165, 1.54) is 0 Å². The summed E-state index contributed by atoms with van der Waals surface area (Å²) in [4.78, 5) is 12.2. The number of methoxy groups -OCH3 is 3. The van der Waals surface area contributed by atoms with Gasteiger partial charge in [-0.3, -0.25) is 4.79 Å². The zero-order valence-electron chi connectivity index (χ0n) is 15.7. The lowest BCUT2D eigenvalue weighted by Crippen LogP contribution is -2.26. The first kappa shape index (κ1) is 19.4. The molecule has 0 heterocycles. The predicted octanol–water partition coefficient (Wildman–Crippen LogP) is 3.47. The molecule has 1 amide bonds. The number of carbonyl (C=O) groups excluding carboxylic acids is 1. The second-order valence-corrected chi connectivity index (χ2v) is 5.80. The van der Waals surface area contributed by atoms with Crippen LogP contribution in [0, 0.1) is 0 Å². The van der Waals surface area contributed by atoms with Gasteiger partial charge in [0.1, 0.15) is 5.75 Å². The monoisotopic (exact) mass is 355 g/mol. The van der Waals surface area contributed by atoms with Gasteiger partial charge in [0.05, 0.1) is 21.3 Å². The lowest BCUT2D eigenvalue weighted by molar-refractivity contribution is -0.117. The molecule has 0 bridgehead atoms. The first-order valence-corrected chi connectivity index (χ1v) is 8.39. The SMILES string of the molecule is COc1ccc(/C=C(\C)C(=O)NCCc2ccc(OC)c(OC)c2)cc1. The molecule has 2 rings (SSSR count). The third-order valence-electron chi connectivity index (χ3n) is 4.00. The summed E-state index contributed by atoms with van der Waals surface area (Å²) in [5, 5.41) is 2.94. The molecule has 0 aliphatic rings. The molecule has 5 heteroatoms. The van der Waals surface area contributed by atoms with Crippen LogP contribution in [0.25, 0.3) is 6.08 Å². The average molecular weight is 355 g/mol. The van der Waals surface area contributed by atoms with Crippen molar-refractivity contribution in [1.82, 2.24) is 5.32 Å². The molecular formula is C21H25NO4. The molecule has 0 saturated heterocycles. The second kappa shape index (κ2) is 9.51. The van der Waals surface area contributed by atoms with E-state index in [1.807, 2.05) is 48.5 Å². The zero-order chi connectivity index (χ0) is 18.9. The summed E-state index contributed by atoms with van der Waals surface area (Å²) >= 11 is 0. The molecule has 2 aromatic rings.